The molecule has 2 N–H and O–H groups in total. The maximum Gasteiger partial charge on any atom is 0.317 e. The number of piperidine rings is 1. The third kappa shape index (κ3) is 3.49. The molecule has 0 aromatic carbocycles. The molecular weight excluding hydrogens is 244 g/mol. The summed E-state index contributed by atoms with van der Waals surface area (Å²) < 4.78 is 0. The van der Waals surface area contributed by atoms with E-state index in [0.717, 1.165) is 25.9 Å². The molecule has 0 saturated carbocycles. The maximum atomic E-state index is 12.1. The first-order valence-electron chi connectivity index (χ1n) is 7.06. The van der Waals surface area contributed by atoms with Gasteiger partial charge in [-0.05, 0) is 25.2 Å². The van der Waals surface area contributed by atoms with Crippen LogP contribution < -0.4 is 5.32 Å². The van der Waals surface area contributed by atoms with Crippen molar-refractivity contribution in [3.8, 4) is 0 Å². The number of amides is 2. The van der Waals surface area contributed by atoms with Crippen LogP contribution in [0.3, 0.4) is 0 Å². The number of hydrogen-bond acceptors (Lipinski definition) is 2. The normalized spacial score (nSPS) is 30.4. The van der Waals surface area contributed by atoms with Crippen LogP contribution >= 0.6 is 0 Å². The second-order valence-corrected chi connectivity index (χ2v) is 5.48. The standard InChI is InChI=1S/C14H22N2O3/c1-2-10-4-3-7-16(9-10)14(19)15-12-6-5-11(8-12)13(17)18/h5-6,10-12H,2-4,7-9H2,1H3,(H,15,19)(H,17,18). The first kappa shape index (κ1) is 13.9. The number of urea groups is 1. The van der Waals surface area contributed by atoms with Gasteiger partial charge in [0.1, 0.15) is 0 Å². The summed E-state index contributed by atoms with van der Waals surface area (Å²) in [5, 5.41) is 11.8. The number of carbonyl (C=O) groups is 2. The molecule has 2 amide bonds. The van der Waals surface area contributed by atoms with Crippen LogP contribution in [0.4, 0.5) is 4.79 Å². The fraction of sp³-hybridized carbons (Fsp3) is 0.714. The van der Waals surface area contributed by atoms with E-state index in [0.29, 0.717) is 12.3 Å². The van der Waals surface area contributed by atoms with Crippen LogP contribution in [0.15, 0.2) is 12.2 Å². The van der Waals surface area contributed by atoms with Crippen LogP contribution in [-0.4, -0.2) is 41.1 Å². The quantitative estimate of drug-likeness (QED) is 0.766. The molecule has 0 spiro atoms. The molecule has 1 aliphatic heterocycles. The van der Waals surface area contributed by atoms with E-state index in [2.05, 4.69) is 12.2 Å². The number of carboxylic acid groups (broad SMARTS) is 1. The Hall–Kier alpha value is -1.52. The number of carbonyl (C=O) groups excluding carboxylic acids is 1. The second-order valence-electron chi connectivity index (χ2n) is 5.48. The molecule has 1 aliphatic carbocycles. The summed E-state index contributed by atoms with van der Waals surface area (Å²) >= 11 is 0. The van der Waals surface area contributed by atoms with Crippen LogP contribution in [-0.2, 0) is 4.79 Å². The van der Waals surface area contributed by atoms with Crippen molar-refractivity contribution in [2.75, 3.05) is 13.1 Å². The van der Waals surface area contributed by atoms with Gasteiger partial charge in [0.25, 0.3) is 0 Å². The predicted molar refractivity (Wildman–Crippen MR) is 71.8 cm³/mol. The van der Waals surface area contributed by atoms with Crippen molar-refractivity contribution in [2.45, 2.75) is 38.6 Å². The summed E-state index contributed by atoms with van der Waals surface area (Å²) in [6.07, 6.45) is 7.28. The maximum absolute atomic E-state index is 12.1. The van der Waals surface area contributed by atoms with Crippen molar-refractivity contribution in [3.05, 3.63) is 12.2 Å². The van der Waals surface area contributed by atoms with E-state index in [4.69, 9.17) is 5.11 Å². The van der Waals surface area contributed by atoms with Gasteiger partial charge in [0.15, 0.2) is 0 Å². The van der Waals surface area contributed by atoms with Crippen molar-refractivity contribution in [2.24, 2.45) is 11.8 Å². The molecule has 3 unspecified atom stereocenters. The summed E-state index contributed by atoms with van der Waals surface area (Å²) in [4.78, 5) is 24.8. The minimum absolute atomic E-state index is 0.0566. The van der Waals surface area contributed by atoms with Crippen LogP contribution in [0.25, 0.3) is 0 Å². The van der Waals surface area contributed by atoms with Gasteiger partial charge in [-0.3, -0.25) is 4.79 Å². The Morgan fingerprint density at radius 1 is 1.42 bits per heavy atom. The summed E-state index contributed by atoms with van der Waals surface area (Å²) in [5.74, 6) is -0.683. The molecule has 2 aliphatic rings. The van der Waals surface area contributed by atoms with Gasteiger partial charge in [-0.2, -0.15) is 0 Å². The molecule has 5 heteroatoms. The highest BCUT2D eigenvalue weighted by Gasteiger charge is 2.28. The molecule has 106 valence electrons. The highest BCUT2D eigenvalue weighted by molar-refractivity contribution is 5.76. The third-order valence-corrected chi connectivity index (χ3v) is 4.09. The number of carboxylic acids is 1. The zero-order valence-corrected chi connectivity index (χ0v) is 11.3. The van der Waals surface area contributed by atoms with Gasteiger partial charge in [-0.25, -0.2) is 4.79 Å². The monoisotopic (exact) mass is 266 g/mol. The SMILES string of the molecule is CCC1CCCN(C(=O)NC2C=CC(C(=O)O)C2)C1. The van der Waals surface area contributed by atoms with Gasteiger partial charge in [0, 0.05) is 13.1 Å². The Morgan fingerprint density at radius 2 is 2.21 bits per heavy atom. The zero-order chi connectivity index (χ0) is 13.8. The average Bonchev–Trinajstić information content (AvgIpc) is 2.87. The Morgan fingerprint density at radius 3 is 2.84 bits per heavy atom. The lowest BCUT2D eigenvalue weighted by atomic mass is 9.96. The molecule has 0 aromatic heterocycles. The van der Waals surface area contributed by atoms with Crippen LogP contribution in [0.1, 0.15) is 32.6 Å². The number of nitrogens with zero attached hydrogens (tertiary/aromatic N) is 1. The molecule has 1 fully saturated rings. The summed E-state index contributed by atoms with van der Waals surface area (Å²) in [5.41, 5.74) is 0. The van der Waals surface area contributed by atoms with Gasteiger partial charge < -0.3 is 15.3 Å². The van der Waals surface area contributed by atoms with E-state index < -0.39 is 11.9 Å². The molecular formula is C14H22N2O3. The fourth-order valence-corrected chi connectivity index (χ4v) is 2.82. The largest absolute Gasteiger partial charge is 0.481 e. The first-order valence-corrected chi connectivity index (χ1v) is 7.06. The molecule has 0 aromatic rings. The molecule has 0 radical (unpaired) electrons. The molecule has 1 saturated heterocycles. The average molecular weight is 266 g/mol. The van der Waals surface area contributed by atoms with Crippen LogP contribution in [0, 0.1) is 11.8 Å². The predicted octanol–water partition coefficient (Wildman–Crippen LogP) is 1.85. The Balaban J connectivity index is 1.82. The highest BCUT2D eigenvalue weighted by Crippen LogP contribution is 2.21. The number of nitrogens with one attached hydrogen (secondary N) is 1. The van der Waals surface area contributed by atoms with Crippen molar-refractivity contribution >= 4 is 12.0 Å². The Bertz CT molecular complexity index is 381. The van der Waals surface area contributed by atoms with E-state index in [-0.39, 0.29) is 12.1 Å². The Labute approximate surface area is 113 Å². The van der Waals surface area contributed by atoms with Crippen molar-refractivity contribution in [3.63, 3.8) is 0 Å². The lowest BCUT2D eigenvalue weighted by molar-refractivity contribution is -0.140. The van der Waals surface area contributed by atoms with E-state index in [1.54, 1.807) is 12.2 Å². The highest BCUT2D eigenvalue weighted by atomic mass is 16.4. The minimum atomic E-state index is -0.822. The molecule has 0 bridgehead atoms. The van der Waals surface area contributed by atoms with Gasteiger partial charge in [0.2, 0.25) is 0 Å². The zero-order valence-electron chi connectivity index (χ0n) is 11.3. The number of aliphatic carboxylic acids is 1. The third-order valence-electron chi connectivity index (χ3n) is 4.09. The molecule has 19 heavy (non-hydrogen) atoms. The minimum Gasteiger partial charge on any atom is -0.481 e. The van der Waals surface area contributed by atoms with Gasteiger partial charge in [-0.15, -0.1) is 0 Å². The number of rotatable bonds is 3. The smallest absolute Gasteiger partial charge is 0.317 e. The van der Waals surface area contributed by atoms with E-state index in [1.807, 2.05) is 4.90 Å². The Kier molecular flexibility index (Phi) is 4.45. The lowest BCUT2D eigenvalue weighted by Crippen LogP contribution is -2.48. The number of likely N-dealkylation sites (tertiary alicyclic amines) is 1. The molecule has 2 rings (SSSR count). The first-order chi connectivity index (χ1) is 9.10. The van der Waals surface area contributed by atoms with E-state index >= 15 is 0 Å². The van der Waals surface area contributed by atoms with Crippen molar-refractivity contribution < 1.29 is 14.7 Å². The lowest BCUT2D eigenvalue weighted by Gasteiger charge is -2.33. The van der Waals surface area contributed by atoms with E-state index in [1.165, 1.54) is 6.42 Å². The number of hydrogen-bond donors (Lipinski definition) is 2. The van der Waals surface area contributed by atoms with Crippen LogP contribution in [0.5, 0.6) is 0 Å². The fourth-order valence-electron chi connectivity index (χ4n) is 2.82. The van der Waals surface area contributed by atoms with Gasteiger partial charge in [0.05, 0.1) is 12.0 Å². The molecule has 1 heterocycles. The second kappa shape index (κ2) is 6.08. The summed E-state index contributed by atoms with van der Waals surface area (Å²) in [7, 11) is 0. The van der Waals surface area contributed by atoms with Crippen molar-refractivity contribution in [1.82, 2.24) is 10.2 Å². The van der Waals surface area contributed by atoms with Crippen molar-refractivity contribution in [1.29, 1.82) is 0 Å². The molecule has 3 atom stereocenters. The summed E-state index contributed by atoms with van der Waals surface area (Å²) in [6.45, 7) is 3.78. The molecule has 5 nitrogen and oxygen atoms in total. The topological polar surface area (TPSA) is 69.6 Å². The van der Waals surface area contributed by atoms with E-state index in [9.17, 15) is 9.59 Å². The summed E-state index contributed by atoms with van der Waals surface area (Å²) in [6, 6.07) is -0.200. The van der Waals surface area contributed by atoms with Crippen LogP contribution in [0.2, 0.25) is 0 Å². The van der Waals surface area contributed by atoms with Gasteiger partial charge >= 0.3 is 12.0 Å². The van der Waals surface area contributed by atoms with Gasteiger partial charge in [-0.1, -0.05) is 25.5 Å².